The van der Waals surface area contributed by atoms with Gasteiger partial charge in [0.15, 0.2) is 0 Å². The minimum Gasteiger partial charge on any atom is -0.481 e. The minimum absolute atomic E-state index is 0.0734. The normalized spacial score (nSPS) is 21.5. The fourth-order valence-corrected chi connectivity index (χ4v) is 3.31. The van der Waals surface area contributed by atoms with Gasteiger partial charge in [0.1, 0.15) is 0 Å². The molecule has 2 heterocycles. The van der Waals surface area contributed by atoms with Crippen molar-refractivity contribution in [1.29, 1.82) is 0 Å². The van der Waals surface area contributed by atoms with Gasteiger partial charge in [-0.05, 0) is 11.5 Å². The van der Waals surface area contributed by atoms with Crippen LogP contribution in [0.1, 0.15) is 23.6 Å². The third-order valence-corrected chi connectivity index (χ3v) is 4.43. The Kier molecular flexibility index (Phi) is 5.05. The summed E-state index contributed by atoms with van der Waals surface area (Å²) in [5.74, 6) is -0.556. The molecule has 6 heteroatoms. The van der Waals surface area contributed by atoms with E-state index in [9.17, 15) is 9.90 Å². The third-order valence-electron chi connectivity index (χ3n) is 4.43. The number of likely N-dealkylation sites (tertiary alicyclic amines) is 1. The van der Waals surface area contributed by atoms with Crippen molar-refractivity contribution >= 4 is 12.0 Å². The number of rotatable bonds is 6. The molecule has 0 aliphatic carbocycles. The molecule has 0 bridgehead atoms. The first-order valence-corrected chi connectivity index (χ1v) is 8.14. The maximum atomic E-state index is 11.2. The number of aliphatic carboxylic acids is 1. The predicted molar refractivity (Wildman–Crippen MR) is 91.4 cm³/mol. The van der Waals surface area contributed by atoms with Crippen LogP contribution in [0.15, 0.2) is 42.6 Å². The Morgan fingerprint density at radius 1 is 1.33 bits per heavy atom. The molecule has 1 aliphatic heterocycles. The van der Waals surface area contributed by atoms with E-state index in [0.717, 1.165) is 25.3 Å². The van der Waals surface area contributed by atoms with Gasteiger partial charge in [0, 0.05) is 38.8 Å². The van der Waals surface area contributed by atoms with Crippen molar-refractivity contribution < 1.29 is 9.90 Å². The highest BCUT2D eigenvalue weighted by molar-refractivity contribution is 5.67. The Labute approximate surface area is 141 Å². The largest absolute Gasteiger partial charge is 0.481 e. The number of hydrogen-bond donors (Lipinski definition) is 1. The lowest BCUT2D eigenvalue weighted by molar-refractivity contribution is -0.138. The molecule has 0 spiro atoms. The molecule has 1 N–H and O–H groups in total. The Balaban J connectivity index is 1.65. The molecule has 0 amide bonds. The summed E-state index contributed by atoms with van der Waals surface area (Å²) in [6, 6.07) is 10.2. The molecular weight excluding hydrogens is 304 g/mol. The fraction of sp³-hybridized carbons (Fsp3) is 0.389. The third kappa shape index (κ3) is 4.08. The molecule has 0 unspecified atom stereocenters. The van der Waals surface area contributed by atoms with Gasteiger partial charge in [-0.1, -0.05) is 47.7 Å². The van der Waals surface area contributed by atoms with Crippen molar-refractivity contribution in [3.63, 3.8) is 0 Å². The molecule has 1 aromatic carbocycles. The van der Waals surface area contributed by atoms with Gasteiger partial charge in [-0.25, -0.2) is 0 Å². The molecule has 126 valence electrons. The molecule has 1 aromatic heterocycles. The standard InChI is InChI=1S/C18H22N4O2/c1-21-13-17(19-20-21)16-12-22(11-15(16)10-18(23)24)9-5-8-14-6-3-2-4-7-14/h2-8,13,15-16H,9-12H2,1H3,(H,23,24)/b8-5+/t15-,16+/m1/s1. The minimum atomic E-state index is -0.754. The van der Waals surface area contributed by atoms with Gasteiger partial charge in [0.25, 0.3) is 0 Å². The number of nitrogens with zero attached hydrogens (tertiary/aromatic N) is 4. The van der Waals surface area contributed by atoms with E-state index < -0.39 is 5.97 Å². The molecule has 1 saturated heterocycles. The summed E-state index contributed by atoms with van der Waals surface area (Å²) in [6.45, 7) is 2.39. The van der Waals surface area contributed by atoms with E-state index in [2.05, 4.69) is 39.5 Å². The number of carboxylic acid groups (broad SMARTS) is 1. The first-order chi connectivity index (χ1) is 11.6. The summed E-state index contributed by atoms with van der Waals surface area (Å²) in [7, 11) is 1.83. The second-order valence-electron chi connectivity index (χ2n) is 6.31. The first kappa shape index (κ1) is 16.4. The van der Waals surface area contributed by atoms with Crippen molar-refractivity contribution in [3.8, 4) is 0 Å². The van der Waals surface area contributed by atoms with Crippen LogP contribution in [0.4, 0.5) is 0 Å². The summed E-state index contributed by atoms with van der Waals surface area (Å²) in [4.78, 5) is 13.5. The Bertz CT molecular complexity index is 711. The lowest BCUT2D eigenvalue weighted by Crippen LogP contribution is -2.21. The molecule has 1 fully saturated rings. The van der Waals surface area contributed by atoms with Gasteiger partial charge in [-0.15, -0.1) is 5.10 Å². The van der Waals surface area contributed by atoms with Gasteiger partial charge in [-0.3, -0.25) is 14.4 Å². The Morgan fingerprint density at radius 3 is 2.79 bits per heavy atom. The summed E-state index contributed by atoms with van der Waals surface area (Å²) in [5, 5.41) is 17.4. The van der Waals surface area contributed by atoms with Crippen LogP contribution in [0.2, 0.25) is 0 Å². The smallest absolute Gasteiger partial charge is 0.303 e. The van der Waals surface area contributed by atoms with E-state index in [1.54, 1.807) is 4.68 Å². The number of carboxylic acids is 1. The molecule has 1 aliphatic rings. The maximum Gasteiger partial charge on any atom is 0.303 e. The highest BCUT2D eigenvalue weighted by Gasteiger charge is 2.36. The highest BCUT2D eigenvalue weighted by atomic mass is 16.4. The van der Waals surface area contributed by atoms with E-state index in [4.69, 9.17) is 0 Å². The van der Waals surface area contributed by atoms with Gasteiger partial charge >= 0.3 is 5.97 Å². The Hall–Kier alpha value is -2.47. The van der Waals surface area contributed by atoms with Gasteiger partial charge in [0.05, 0.1) is 12.1 Å². The van der Waals surface area contributed by atoms with Gasteiger partial charge in [-0.2, -0.15) is 0 Å². The molecular formula is C18H22N4O2. The summed E-state index contributed by atoms with van der Waals surface area (Å²) >= 11 is 0. The Morgan fingerprint density at radius 2 is 2.12 bits per heavy atom. The molecule has 6 nitrogen and oxygen atoms in total. The number of hydrogen-bond acceptors (Lipinski definition) is 4. The second-order valence-corrected chi connectivity index (χ2v) is 6.31. The van der Waals surface area contributed by atoms with Gasteiger partial charge in [0.2, 0.25) is 0 Å². The SMILES string of the molecule is Cn1cc([C@H]2CN(C/C=C/c3ccccc3)C[C@H]2CC(=O)O)nn1. The van der Waals surface area contributed by atoms with Crippen LogP contribution in [0, 0.1) is 5.92 Å². The molecule has 2 aromatic rings. The fourth-order valence-electron chi connectivity index (χ4n) is 3.31. The van der Waals surface area contributed by atoms with E-state index in [0.29, 0.717) is 0 Å². The second kappa shape index (κ2) is 7.40. The van der Waals surface area contributed by atoms with Crippen molar-refractivity contribution in [2.45, 2.75) is 12.3 Å². The number of carbonyl (C=O) groups is 1. The summed E-state index contributed by atoms with van der Waals surface area (Å²) < 4.78 is 1.67. The number of benzene rings is 1. The van der Waals surface area contributed by atoms with Gasteiger partial charge < -0.3 is 5.11 Å². The number of aromatic nitrogens is 3. The molecule has 0 saturated carbocycles. The lowest BCUT2D eigenvalue weighted by atomic mass is 9.91. The summed E-state index contributed by atoms with van der Waals surface area (Å²) in [6.07, 6.45) is 6.29. The zero-order valence-corrected chi connectivity index (χ0v) is 13.7. The van der Waals surface area contributed by atoms with E-state index in [-0.39, 0.29) is 18.3 Å². The van der Waals surface area contributed by atoms with E-state index in [1.807, 2.05) is 31.4 Å². The van der Waals surface area contributed by atoms with Crippen LogP contribution in [-0.2, 0) is 11.8 Å². The quantitative estimate of drug-likeness (QED) is 0.879. The molecule has 3 rings (SSSR count). The van der Waals surface area contributed by atoms with Crippen molar-refractivity contribution in [2.24, 2.45) is 13.0 Å². The van der Waals surface area contributed by atoms with Crippen LogP contribution in [0.5, 0.6) is 0 Å². The van der Waals surface area contributed by atoms with Crippen LogP contribution in [-0.4, -0.2) is 50.6 Å². The zero-order valence-electron chi connectivity index (χ0n) is 13.7. The van der Waals surface area contributed by atoms with Crippen molar-refractivity contribution in [2.75, 3.05) is 19.6 Å². The lowest BCUT2D eigenvalue weighted by Gasteiger charge is -2.13. The first-order valence-electron chi connectivity index (χ1n) is 8.14. The maximum absolute atomic E-state index is 11.2. The van der Waals surface area contributed by atoms with Crippen LogP contribution in [0.25, 0.3) is 6.08 Å². The molecule has 2 atom stereocenters. The van der Waals surface area contributed by atoms with Crippen molar-refractivity contribution in [1.82, 2.24) is 19.9 Å². The van der Waals surface area contributed by atoms with E-state index in [1.165, 1.54) is 5.56 Å². The molecule has 24 heavy (non-hydrogen) atoms. The summed E-state index contributed by atoms with van der Waals surface area (Å²) in [5.41, 5.74) is 2.06. The van der Waals surface area contributed by atoms with Crippen LogP contribution in [0.3, 0.4) is 0 Å². The highest BCUT2D eigenvalue weighted by Crippen LogP contribution is 2.33. The monoisotopic (exact) mass is 326 g/mol. The number of aryl methyl sites for hydroxylation is 1. The van der Waals surface area contributed by atoms with E-state index >= 15 is 0 Å². The predicted octanol–water partition coefficient (Wildman–Crippen LogP) is 2.02. The topological polar surface area (TPSA) is 71.2 Å². The van der Waals surface area contributed by atoms with Crippen molar-refractivity contribution in [3.05, 3.63) is 53.9 Å². The zero-order chi connectivity index (χ0) is 16.9. The molecule has 0 radical (unpaired) electrons. The van der Waals surface area contributed by atoms with Crippen LogP contribution >= 0.6 is 0 Å². The van der Waals surface area contributed by atoms with Crippen LogP contribution < -0.4 is 0 Å². The average Bonchev–Trinajstić information content (AvgIpc) is 3.14. The average molecular weight is 326 g/mol.